The number of aryl methyl sites for hydroxylation is 1. The molecule has 34 heavy (non-hydrogen) atoms. The van der Waals surface area contributed by atoms with E-state index < -0.39 is 0 Å². The van der Waals surface area contributed by atoms with E-state index >= 15 is 0 Å². The maximum atomic E-state index is 6.16. The summed E-state index contributed by atoms with van der Waals surface area (Å²) in [5.41, 5.74) is 4.34. The first kappa shape index (κ1) is 26.6. The van der Waals surface area contributed by atoms with Crippen LogP contribution in [0.2, 0.25) is 0 Å². The summed E-state index contributed by atoms with van der Waals surface area (Å²) in [6.45, 7) is 3.80. The maximum absolute atomic E-state index is 6.16. The van der Waals surface area contributed by atoms with E-state index in [0.29, 0.717) is 0 Å². The summed E-state index contributed by atoms with van der Waals surface area (Å²) < 4.78 is 12.0. The van der Waals surface area contributed by atoms with Gasteiger partial charge in [-0.2, -0.15) is 0 Å². The third kappa shape index (κ3) is 6.35. The van der Waals surface area contributed by atoms with Crippen LogP contribution in [0.3, 0.4) is 0 Å². The molecule has 0 unspecified atom stereocenters. The molecule has 1 aliphatic carbocycles. The summed E-state index contributed by atoms with van der Waals surface area (Å²) in [4.78, 5) is 8.87. The van der Waals surface area contributed by atoms with Gasteiger partial charge in [0.15, 0.2) is 5.58 Å². The Morgan fingerprint density at radius 3 is 2.53 bits per heavy atom. The third-order valence-corrected chi connectivity index (χ3v) is 6.84. The molecule has 0 radical (unpaired) electrons. The SMILES string of the molecule is CN(C)Cc1c(OCC2CC2)ccc2c(CCC3CCN(c4cccnc4)CC3)noc12.Cl.Cl. The number of hydrogen-bond donors (Lipinski definition) is 0. The first-order valence-corrected chi connectivity index (χ1v) is 12.0. The van der Waals surface area contributed by atoms with Crippen LogP contribution < -0.4 is 9.64 Å². The molecule has 3 aromatic rings. The molecule has 0 N–H and O–H groups in total. The molecule has 0 amide bonds. The molecule has 6 nitrogen and oxygen atoms in total. The van der Waals surface area contributed by atoms with E-state index in [2.05, 4.69) is 52.2 Å². The number of ether oxygens (including phenoxy) is 1. The van der Waals surface area contributed by atoms with Gasteiger partial charge in [-0.05, 0) is 88.7 Å². The molecule has 0 spiro atoms. The van der Waals surface area contributed by atoms with E-state index in [-0.39, 0.29) is 24.8 Å². The van der Waals surface area contributed by atoms with Gasteiger partial charge in [0.2, 0.25) is 0 Å². The number of fused-ring (bicyclic) bond motifs is 1. The van der Waals surface area contributed by atoms with Crippen LogP contribution in [0.4, 0.5) is 5.69 Å². The Labute approximate surface area is 214 Å². The number of piperidine rings is 1. The summed E-state index contributed by atoms with van der Waals surface area (Å²) in [7, 11) is 4.16. The second-order valence-corrected chi connectivity index (χ2v) is 9.72. The van der Waals surface area contributed by atoms with Crippen molar-refractivity contribution in [2.45, 2.75) is 45.1 Å². The van der Waals surface area contributed by atoms with Crippen molar-refractivity contribution in [2.75, 3.05) is 38.7 Å². The van der Waals surface area contributed by atoms with Crippen LogP contribution in [0.5, 0.6) is 5.75 Å². The Hall–Kier alpha value is -2.02. The monoisotopic (exact) mass is 506 g/mol. The van der Waals surface area contributed by atoms with Crippen molar-refractivity contribution in [1.82, 2.24) is 15.0 Å². The summed E-state index contributed by atoms with van der Waals surface area (Å²) >= 11 is 0. The number of hydrogen-bond acceptors (Lipinski definition) is 6. The topological polar surface area (TPSA) is 54.6 Å². The average Bonchev–Trinajstić information content (AvgIpc) is 3.55. The second kappa shape index (κ2) is 12.1. The normalized spacial score (nSPS) is 16.4. The standard InChI is InChI=1S/C26H34N4O2.2ClH/c1-29(2)17-23-25(31-18-20-5-6-20)10-8-22-24(28-32-26(22)23)9-7-19-11-14-30(15-12-19)21-4-3-13-27-16-21;;/h3-4,8,10,13,16,19-20H,5-7,9,11-12,14-15,17-18H2,1-2H3;2*1H. The van der Waals surface area contributed by atoms with Crippen molar-refractivity contribution >= 4 is 41.5 Å². The van der Waals surface area contributed by atoms with Gasteiger partial charge in [0, 0.05) is 31.2 Å². The number of rotatable bonds is 9. The Morgan fingerprint density at radius 1 is 1.06 bits per heavy atom. The molecule has 3 heterocycles. The quantitative estimate of drug-likeness (QED) is 0.367. The first-order chi connectivity index (χ1) is 15.7. The lowest BCUT2D eigenvalue weighted by Gasteiger charge is -2.33. The molecular formula is C26H36Cl2N4O2. The zero-order valence-corrected chi connectivity index (χ0v) is 21.7. The molecule has 5 rings (SSSR count). The molecule has 1 saturated carbocycles. The molecular weight excluding hydrogens is 471 g/mol. The van der Waals surface area contributed by atoms with Crippen molar-refractivity contribution in [1.29, 1.82) is 0 Å². The van der Waals surface area contributed by atoms with Gasteiger partial charge < -0.3 is 19.1 Å². The van der Waals surface area contributed by atoms with E-state index in [4.69, 9.17) is 9.26 Å². The van der Waals surface area contributed by atoms with Crippen molar-refractivity contribution in [3.63, 3.8) is 0 Å². The lowest BCUT2D eigenvalue weighted by Crippen LogP contribution is -2.33. The van der Waals surface area contributed by atoms with Gasteiger partial charge in [-0.25, -0.2) is 0 Å². The van der Waals surface area contributed by atoms with E-state index in [9.17, 15) is 0 Å². The second-order valence-electron chi connectivity index (χ2n) is 9.72. The summed E-state index contributed by atoms with van der Waals surface area (Å²) in [5.74, 6) is 2.41. The Bertz CT molecular complexity index is 1030. The van der Waals surface area contributed by atoms with Gasteiger partial charge in [0.25, 0.3) is 0 Å². The van der Waals surface area contributed by atoms with Gasteiger partial charge in [-0.15, -0.1) is 24.8 Å². The molecule has 1 aliphatic heterocycles. The molecule has 2 fully saturated rings. The van der Waals surface area contributed by atoms with Crippen molar-refractivity contribution < 1.29 is 9.26 Å². The van der Waals surface area contributed by atoms with Gasteiger partial charge >= 0.3 is 0 Å². The first-order valence-electron chi connectivity index (χ1n) is 12.0. The minimum Gasteiger partial charge on any atom is -0.493 e. The number of anilines is 1. The molecule has 8 heteroatoms. The van der Waals surface area contributed by atoms with Crippen LogP contribution >= 0.6 is 24.8 Å². The van der Waals surface area contributed by atoms with Crippen LogP contribution in [-0.2, 0) is 13.0 Å². The van der Waals surface area contributed by atoms with Crippen LogP contribution in [0, 0.1) is 11.8 Å². The molecule has 186 valence electrons. The van der Waals surface area contributed by atoms with Crippen LogP contribution in [0.25, 0.3) is 11.0 Å². The van der Waals surface area contributed by atoms with E-state index in [1.54, 1.807) is 0 Å². The minimum absolute atomic E-state index is 0. The summed E-state index contributed by atoms with van der Waals surface area (Å²) in [6, 6.07) is 8.44. The smallest absolute Gasteiger partial charge is 0.175 e. The molecule has 1 saturated heterocycles. The molecule has 1 aromatic carbocycles. The number of benzene rings is 1. The van der Waals surface area contributed by atoms with Crippen LogP contribution in [0.15, 0.2) is 41.2 Å². The zero-order valence-electron chi connectivity index (χ0n) is 20.1. The van der Waals surface area contributed by atoms with Crippen molar-refractivity contribution in [3.8, 4) is 5.75 Å². The predicted molar refractivity (Wildman–Crippen MR) is 142 cm³/mol. The Kier molecular flexibility index (Phi) is 9.46. The minimum atomic E-state index is 0. The highest BCUT2D eigenvalue weighted by Gasteiger charge is 2.24. The van der Waals surface area contributed by atoms with E-state index in [1.165, 1.54) is 31.4 Å². The number of halogens is 2. The predicted octanol–water partition coefficient (Wildman–Crippen LogP) is 5.77. The fraction of sp³-hybridized carbons (Fsp3) is 0.538. The van der Waals surface area contributed by atoms with Gasteiger partial charge in [-0.3, -0.25) is 4.98 Å². The van der Waals surface area contributed by atoms with Crippen LogP contribution in [0.1, 0.15) is 43.4 Å². The molecule has 2 aliphatic rings. The Balaban J connectivity index is 0.00000162. The highest BCUT2D eigenvalue weighted by molar-refractivity contribution is 5.86. The van der Waals surface area contributed by atoms with E-state index in [0.717, 1.165) is 78.9 Å². The fourth-order valence-corrected chi connectivity index (χ4v) is 4.73. The summed E-state index contributed by atoms with van der Waals surface area (Å²) in [5, 5.41) is 5.64. The zero-order chi connectivity index (χ0) is 21.9. The molecule has 2 aromatic heterocycles. The summed E-state index contributed by atoms with van der Waals surface area (Å²) in [6.07, 6.45) is 10.9. The highest BCUT2D eigenvalue weighted by Crippen LogP contribution is 2.35. The largest absolute Gasteiger partial charge is 0.493 e. The van der Waals surface area contributed by atoms with E-state index in [1.807, 2.05) is 18.5 Å². The Morgan fingerprint density at radius 2 is 1.85 bits per heavy atom. The lowest BCUT2D eigenvalue weighted by molar-refractivity contribution is 0.289. The van der Waals surface area contributed by atoms with Crippen molar-refractivity contribution in [2.24, 2.45) is 11.8 Å². The number of aromatic nitrogens is 2. The lowest BCUT2D eigenvalue weighted by atomic mass is 9.91. The number of nitrogens with zero attached hydrogens (tertiary/aromatic N) is 4. The van der Waals surface area contributed by atoms with Gasteiger partial charge in [-0.1, -0.05) is 5.16 Å². The van der Waals surface area contributed by atoms with Gasteiger partial charge in [0.05, 0.1) is 29.7 Å². The molecule has 0 bridgehead atoms. The highest BCUT2D eigenvalue weighted by atomic mass is 35.5. The van der Waals surface area contributed by atoms with Gasteiger partial charge in [0.1, 0.15) is 5.75 Å². The average molecular weight is 508 g/mol. The third-order valence-electron chi connectivity index (χ3n) is 6.84. The molecule has 0 atom stereocenters. The fourth-order valence-electron chi connectivity index (χ4n) is 4.73. The number of pyridine rings is 1. The van der Waals surface area contributed by atoms with Crippen molar-refractivity contribution in [3.05, 3.63) is 47.9 Å². The van der Waals surface area contributed by atoms with Crippen LogP contribution in [-0.4, -0.2) is 48.8 Å². The maximum Gasteiger partial charge on any atom is 0.175 e.